The van der Waals surface area contributed by atoms with Gasteiger partial charge in [-0.05, 0) is 42.3 Å². The van der Waals surface area contributed by atoms with Crippen LogP contribution >= 0.6 is 0 Å². The number of nitrogens with two attached hydrogens (primary N) is 1. The average Bonchev–Trinajstić information content (AvgIpc) is 3.23. The maximum Gasteiger partial charge on any atom is 0.182 e. The molecule has 2 N–H and O–H groups in total. The molecule has 2 aromatic carbocycles. The Kier molecular flexibility index (Phi) is 3.55. The minimum absolute atomic E-state index is 0.156. The summed E-state index contributed by atoms with van der Waals surface area (Å²) in [6, 6.07) is 14.5. The quantitative estimate of drug-likeness (QED) is 0.943. The van der Waals surface area contributed by atoms with Gasteiger partial charge < -0.3 is 5.73 Å². The van der Waals surface area contributed by atoms with E-state index in [2.05, 4.69) is 0 Å². The Morgan fingerprint density at radius 3 is 2.38 bits per heavy atom. The average molecular weight is 305 g/mol. The van der Waals surface area contributed by atoms with Crippen molar-refractivity contribution in [2.24, 2.45) is 11.7 Å². The van der Waals surface area contributed by atoms with Crippen molar-refractivity contribution in [2.45, 2.75) is 16.1 Å². The lowest BCUT2D eigenvalue weighted by molar-refractivity contribution is 0.591. The van der Waals surface area contributed by atoms with Crippen LogP contribution in [0.4, 0.5) is 4.39 Å². The monoisotopic (exact) mass is 305 g/mol. The molecule has 3 rings (SSSR count). The van der Waals surface area contributed by atoms with Crippen molar-refractivity contribution in [3.05, 3.63) is 66.0 Å². The molecule has 0 saturated heterocycles. The minimum atomic E-state index is -3.44. The first-order valence-electron chi connectivity index (χ1n) is 6.80. The number of sulfone groups is 1. The van der Waals surface area contributed by atoms with Crippen LogP contribution in [0.1, 0.15) is 11.5 Å². The van der Waals surface area contributed by atoms with Crippen LogP contribution in [0.25, 0.3) is 0 Å². The molecule has 0 unspecified atom stereocenters. The van der Waals surface area contributed by atoms with Crippen LogP contribution in [-0.4, -0.2) is 20.2 Å². The lowest BCUT2D eigenvalue weighted by Gasteiger charge is -2.04. The largest absolute Gasteiger partial charge is 0.330 e. The molecule has 1 aliphatic rings. The first-order chi connectivity index (χ1) is 10.1. The Morgan fingerprint density at radius 2 is 1.76 bits per heavy atom. The van der Waals surface area contributed by atoms with E-state index < -0.39 is 15.1 Å². The van der Waals surface area contributed by atoms with Crippen LogP contribution in [0.3, 0.4) is 0 Å². The van der Waals surface area contributed by atoms with Gasteiger partial charge in [-0.25, -0.2) is 12.8 Å². The highest BCUT2D eigenvalue weighted by Gasteiger charge is 2.58. The summed E-state index contributed by atoms with van der Waals surface area (Å²) in [5.74, 6) is -0.737. The summed E-state index contributed by atoms with van der Waals surface area (Å²) in [7, 11) is -3.44. The number of rotatable bonds is 4. The summed E-state index contributed by atoms with van der Waals surface area (Å²) in [6.45, 7) is 0.276. The fourth-order valence-electron chi connectivity index (χ4n) is 2.96. The molecular weight excluding hydrogens is 289 g/mol. The number of benzene rings is 2. The third-order valence-corrected chi connectivity index (χ3v) is 6.32. The van der Waals surface area contributed by atoms with Crippen molar-refractivity contribution in [2.75, 3.05) is 6.54 Å². The summed E-state index contributed by atoms with van der Waals surface area (Å²) in [6.07, 6.45) is 0. The second kappa shape index (κ2) is 5.24. The van der Waals surface area contributed by atoms with E-state index in [1.165, 1.54) is 12.1 Å². The standard InChI is InChI=1S/C16H16FNO2S/c17-12-6-4-5-11(9-12)15-14(10-18)16(15)21(19,20)13-7-2-1-3-8-13/h1-9,14-16H,10,18H2/t14-,15-,16-/m1/s1. The third kappa shape index (κ3) is 2.47. The van der Waals surface area contributed by atoms with Crippen molar-refractivity contribution in [3.8, 4) is 0 Å². The van der Waals surface area contributed by atoms with Crippen molar-refractivity contribution < 1.29 is 12.8 Å². The first kappa shape index (κ1) is 14.2. The highest BCUT2D eigenvalue weighted by atomic mass is 32.2. The number of hydrogen-bond acceptors (Lipinski definition) is 3. The maximum atomic E-state index is 13.4. The molecule has 3 nitrogen and oxygen atoms in total. The van der Waals surface area contributed by atoms with Gasteiger partial charge in [-0.15, -0.1) is 0 Å². The summed E-state index contributed by atoms with van der Waals surface area (Å²) in [5, 5.41) is -0.563. The molecule has 0 aromatic heterocycles. The maximum absolute atomic E-state index is 13.4. The molecule has 0 spiro atoms. The van der Waals surface area contributed by atoms with Gasteiger partial charge in [-0.1, -0.05) is 30.3 Å². The molecular formula is C16H16FNO2S. The van der Waals surface area contributed by atoms with E-state index in [1.54, 1.807) is 42.5 Å². The van der Waals surface area contributed by atoms with Crippen molar-refractivity contribution in [1.29, 1.82) is 0 Å². The van der Waals surface area contributed by atoms with Crippen molar-refractivity contribution >= 4 is 9.84 Å². The van der Waals surface area contributed by atoms with E-state index in [9.17, 15) is 12.8 Å². The van der Waals surface area contributed by atoms with E-state index in [0.717, 1.165) is 0 Å². The molecule has 0 bridgehead atoms. The summed E-state index contributed by atoms with van der Waals surface area (Å²) in [4.78, 5) is 0.298. The van der Waals surface area contributed by atoms with E-state index in [0.29, 0.717) is 10.5 Å². The predicted octanol–water partition coefficient (Wildman–Crippen LogP) is 2.34. The SMILES string of the molecule is NC[C@@H]1[C@@H](c2cccc(F)c2)[C@@H]1S(=O)(=O)c1ccccc1. The zero-order valence-corrected chi connectivity index (χ0v) is 12.1. The summed E-state index contributed by atoms with van der Waals surface area (Å²) in [5.41, 5.74) is 6.41. The molecule has 0 aliphatic heterocycles. The molecule has 5 heteroatoms. The predicted molar refractivity (Wildman–Crippen MR) is 79.1 cm³/mol. The lowest BCUT2D eigenvalue weighted by Crippen LogP contribution is -2.13. The Balaban J connectivity index is 1.96. The third-order valence-electron chi connectivity index (χ3n) is 4.03. The van der Waals surface area contributed by atoms with E-state index in [1.807, 2.05) is 0 Å². The molecule has 2 aromatic rings. The van der Waals surface area contributed by atoms with Crippen LogP contribution in [0.2, 0.25) is 0 Å². The summed E-state index contributed by atoms with van der Waals surface area (Å²) >= 11 is 0. The fourth-order valence-corrected chi connectivity index (χ4v) is 5.21. The van der Waals surface area contributed by atoms with Gasteiger partial charge in [0.25, 0.3) is 0 Å². The van der Waals surface area contributed by atoms with Gasteiger partial charge in [0.2, 0.25) is 0 Å². The van der Waals surface area contributed by atoms with E-state index in [4.69, 9.17) is 5.73 Å². The topological polar surface area (TPSA) is 60.2 Å². The Hall–Kier alpha value is -1.72. The van der Waals surface area contributed by atoms with Crippen LogP contribution in [0, 0.1) is 11.7 Å². The number of halogens is 1. The van der Waals surface area contributed by atoms with Crippen LogP contribution in [-0.2, 0) is 9.84 Å². The van der Waals surface area contributed by atoms with Gasteiger partial charge >= 0.3 is 0 Å². The van der Waals surface area contributed by atoms with Crippen LogP contribution < -0.4 is 5.73 Å². The Labute approximate surface area is 123 Å². The van der Waals surface area contributed by atoms with Gasteiger partial charge in [0.15, 0.2) is 9.84 Å². The molecule has 0 radical (unpaired) electrons. The van der Waals surface area contributed by atoms with Gasteiger partial charge in [-0.3, -0.25) is 0 Å². The molecule has 3 atom stereocenters. The molecule has 21 heavy (non-hydrogen) atoms. The molecule has 1 fully saturated rings. The number of hydrogen-bond donors (Lipinski definition) is 1. The second-order valence-corrected chi connectivity index (χ2v) is 7.41. The van der Waals surface area contributed by atoms with Crippen LogP contribution in [0.5, 0.6) is 0 Å². The Bertz CT molecular complexity index is 746. The molecule has 0 heterocycles. The zero-order valence-electron chi connectivity index (χ0n) is 11.3. The van der Waals surface area contributed by atoms with Crippen molar-refractivity contribution in [3.63, 3.8) is 0 Å². The Morgan fingerprint density at radius 1 is 1.05 bits per heavy atom. The molecule has 1 saturated carbocycles. The van der Waals surface area contributed by atoms with Gasteiger partial charge in [0.1, 0.15) is 5.82 Å². The van der Waals surface area contributed by atoms with E-state index in [-0.39, 0.29) is 24.2 Å². The molecule has 1 aliphatic carbocycles. The minimum Gasteiger partial charge on any atom is -0.330 e. The fraction of sp³-hybridized carbons (Fsp3) is 0.250. The zero-order chi connectivity index (χ0) is 15.0. The molecule has 0 amide bonds. The van der Waals surface area contributed by atoms with Crippen molar-refractivity contribution in [1.82, 2.24) is 0 Å². The van der Waals surface area contributed by atoms with Gasteiger partial charge in [-0.2, -0.15) is 0 Å². The highest BCUT2D eigenvalue weighted by molar-refractivity contribution is 7.92. The van der Waals surface area contributed by atoms with Crippen LogP contribution in [0.15, 0.2) is 59.5 Å². The smallest absolute Gasteiger partial charge is 0.182 e. The highest BCUT2D eigenvalue weighted by Crippen LogP contribution is 2.53. The first-order valence-corrected chi connectivity index (χ1v) is 8.35. The summed E-state index contributed by atoms with van der Waals surface area (Å²) < 4.78 is 38.7. The van der Waals surface area contributed by atoms with Gasteiger partial charge in [0.05, 0.1) is 10.1 Å². The normalized spacial score (nSPS) is 24.8. The lowest BCUT2D eigenvalue weighted by atomic mass is 10.1. The molecule has 110 valence electrons. The van der Waals surface area contributed by atoms with Gasteiger partial charge in [0, 0.05) is 5.92 Å². The van der Waals surface area contributed by atoms with E-state index >= 15 is 0 Å². The second-order valence-electron chi connectivity index (χ2n) is 5.30.